The van der Waals surface area contributed by atoms with Gasteiger partial charge in [0.15, 0.2) is 0 Å². The van der Waals surface area contributed by atoms with E-state index in [0.29, 0.717) is 5.92 Å². The molecule has 3 heterocycles. The van der Waals surface area contributed by atoms with Crippen molar-refractivity contribution in [1.29, 1.82) is 0 Å². The summed E-state index contributed by atoms with van der Waals surface area (Å²) in [6.07, 6.45) is 2.09. The molecule has 0 aliphatic carbocycles. The van der Waals surface area contributed by atoms with Crippen LogP contribution in [0.5, 0.6) is 0 Å². The molecule has 0 saturated heterocycles. The van der Waals surface area contributed by atoms with Gasteiger partial charge in [0.1, 0.15) is 5.58 Å². The van der Waals surface area contributed by atoms with Gasteiger partial charge in [-0.2, -0.15) is 0 Å². The van der Waals surface area contributed by atoms with Crippen molar-refractivity contribution in [2.45, 2.75) is 39.4 Å². The topological polar surface area (TPSA) is 43.9 Å². The maximum absolute atomic E-state index is 6.45. The molecule has 0 amide bonds. The Hall–Kier alpha value is -6.17. The third-order valence-electron chi connectivity index (χ3n) is 10.9. The summed E-state index contributed by atoms with van der Waals surface area (Å²) in [5, 5.41) is 3.62. The number of aromatic nitrogens is 3. The van der Waals surface area contributed by atoms with Crippen molar-refractivity contribution in [1.82, 2.24) is 14.5 Å². The summed E-state index contributed by atoms with van der Waals surface area (Å²) in [7, 11) is -1.34. The molecule has 10 aromatic rings. The van der Waals surface area contributed by atoms with Crippen molar-refractivity contribution < 1.29 is 24.5 Å². The Kier molecular flexibility index (Phi) is 11.6. The molecule has 0 aliphatic heterocycles. The third-order valence-corrected chi connectivity index (χ3v) is 12.9. The zero-order chi connectivity index (χ0) is 40.5. The molecule has 297 valence electrons. The molecule has 0 N–H and O–H groups in total. The Balaban J connectivity index is 0.000000211. The molecule has 0 unspecified atom stereocenters. The van der Waals surface area contributed by atoms with Gasteiger partial charge in [-0.05, 0) is 57.8 Å². The number of para-hydroxylation sites is 3. The molecule has 1 radical (unpaired) electrons. The second-order valence-corrected chi connectivity index (χ2v) is 21.3. The van der Waals surface area contributed by atoms with Crippen LogP contribution in [0, 0.1) is 12.1 Å². The summed E-state index contributed by atoms with van der Waals surface area (Å²) < 4.78 is 8.71. The largest absolute Gasteiger partial charge is 0.501 e. The van der Waals surface area contributed by atoms with Crippen molar-refractivity contribution in [3.63, 3.8) is 0 Å². The zero-order valence-electron chi connectivity index (χ0n) is 34.4. The monoisotopic (exact) mass is 972 g/mol. The molecule has 0 saturated carbocycles. The summed E-state index contributed by atoms with van der Waals surface area (Å²) in [5.41, 5.74) is 13.6. The van der Waals surface area contributed by atoms with Crippen LogP contribution in [0.15, 0.2) is 180 Å². The van der Waals surface area contributed by atoms with Gasteiger partial charge in [0.25, 0.3) is 0 Å². The van der Waals surface area contributed by atoms with E-state index >= 15 is 0 Å². The van der Waals surface area contributed by atoms with Crippen LogP contribution in [0.3, 0.4) is 0 Å². The van der Waals surface area contributed by atoms with Crippen LogP contribution in [0.25, 0.3) is 83.6 Å². The minimum absolute atomic E-state index is 0. The molecular formula is C54H45IrN3OSi-2. The van der Waals surface area contributed by atoms with Crippen molar-refractivity contribution in [3.05, 3.63) is 194 Å². The van der Waals surface area contributed by atoms with Crippen LogP contribution in [0.2, 0.25) is 19.6 Å². The van der Waals surface area contributed by atoms with Crippen LogP contribution in [-0.4, -0.2) is 22.6 Å². The van der Waals surface area contributed by atoms with Gasteiger partial charge >= 0.3 is 0 Å². The molecule has 0 fully saturated rings. The van der Waals surface area contributed by atoms with E-state index in [1.807, 2.05) is 54.6 Å². The van der Waals surface area contributed by atoms with Crippen LogP contribution in [0.4, 0.5) is 0 Å². The van der Waals surface area contributed by atoms with Gasteiger partial charge in [0, 0.05) is 42.9 Å². The number of furan rings is 1. The second-order valence-electron chi connectivity index (χ2n) is 16.3. The first-order valence-electron chi connectivity index (χ1n) is 20.3. The predicted molar refractivity (Wildman–Crippen MR) is 249 cm³/mol. The van der Waals surface area contributed by atoms with Crippen molar-refractivity contribution in [2.24, 2.45) is 0 Å². The Morgan fingerprint density at radius 3 is 2.07 bits per heavy atom. The maximum Gasteiger partial charge on any atom is 0.120 e. The number of benzene rings is 7. The normalized spacial score (nSPS) is 11.4. The molecule has 0 spiro atoms. The molecule has 0 aliphatic rings. The fourth-order valence-corrected chi connectivity index (χ4v) is 9.64. The number of rotatable bonds is 7. The van der Waals surface area contributed by atoms with Gasteiger partial charge in [-0.25, -0.2) is 0 Å². The predicted octanol–water partition coefficient (Wildman–Crippen LogP) is 13.9. The van der Waals surface area contributed by atoms with E-state index in [2.05, 4.69) is 177 Å². The molecule has 7 aromatic carbocycles. The minimum atomic E-state index is -1.34. The molecule has 0 atom stereocenters. The molecule has 10 rings (SSSR count). The van der Waals surface area contributed by atoms with Gasteiger partial charge in [0.05, 0.1) is 30.5 Å². The summed E-state index contributed by atoms with van der Waals surface area (Å²) in [6, 6.07) is 65.3. The first-order valence-corrected chi connectivity index (χ1v) is 23.8. The number of imidazole rings is 1. The van der Waals surface area contributed by atoms with Crippen molar-refractivity contribution >= 4 is 46.2 Å². The Bertz CT molecular complexity index is 3060. The smallest absolute Gasteiger partial charge is 0.120 e. The van der Waals surface area contributed by atoms with Crippen LogP contribution < -0.4 is 5.19 Å². The van der Waals surface area contributed by atoms with Gasteiger partial charge in [-0.15, -0.1) is 54.1 Å². The fraction of sp³-hybridized carbons (Fsp3) is 0.111. The summed E-state index contributed by atoms with van der Waals surface area (Å²) >= 11 is 0. The van der Waals surface area contributed by atoms with Gasteiger partial charge in [-0.3, -0.25) is 4.98 Å². The number of hydrogen-bond donors (Lipinski definition) is 0. The average Bonchev–Trinajstić information content (AvgIpc) is 3.86. The van der Waals surface area contributed by atoms with E-state index in [-0.39, 0.29) is 20.1 Å². The Morgan fingerprint density at radius 2 is 1.33 bits per heavy atom. The second kappa shape index (κ2) is 17.2. The minimum Gasteiger partial charge on any atom is -0.501 e. The summed E-state index contributed by atoms with van der Waals surface area (Å²) in [6.45, 7) is 11.7. The van der Waals surface area contributed by atoms with E-state index in [1.54, 1.807) is 0 Å². The molecular weight excluding hydrogens is 927 g/mol. The molecule has 4 nitrogen and oxygen atoms in total. The summed E-state index contributed by atoms with van der Waals surface area (Å²) in [4.78, 5) is 9.85. The van der Waals surface area contributed by atoms with E-state index in [0.717, 1.165) is 78.0 Å². The van der Waals surface area contributed by atoms with Gasteiger partial charge < -0.3 is 14.0 Å². The fourth-order valence-electron chi connectivity index (χ4n) is 7.96. The first kappa shape index (κ1) is 40.6. The van der Waals surface area contributed by atoms with E-state index in [1.165, 1.54) is 16.3 Å². The Labute approximate surface area is 367 Å². The summed E-state index contributed by atoms with van der Waals surface area (Å²) in [5.74, 6) is 1.33. The third kappa shape index (κ3) is 7.94. The molecule has 0 bridgehead atoms. The number of fused-ring (bicyclic) bond motifs is 4. The first-order chi connectivity index (χ1) is 28.7. The number of pyridine rings is 1. The zero-order valence-corrected chi connectivity index (χ0v) is 37.8. The van der Waals surface area contributed by atoms with Crippen molar-refractivity contribution in [3.8, 4) is 50.6 Å². The quantitative estimate of drug-likeness (QED) is 0.118. The standard InChI is InChI=1S/C37H23N2O.C17H22NSi.Ir/c1-3-12-25(13-4-1)27-22-23-28(26-14-5-2-6-15-26)34(24-27)39-33-20-9-8-19-32(33)38-37(39)31-18-11-17-30-29-16-7-10-21-35(29)40-36(30)31;1-13(2)15-11-16(14-9-7-6-8-10-14)18-12-17(15)19(3,4)5;/h1-17,19-24H;6-9,11-13H,1-5H3;/q2*-1;. The molecule has 3 aromatic heterocycles. The molecule has 60 heavy (non-hydrogen) atoms. The van der Waals surface area contributed by atoms with Crippen LogP contribution >= 0.6 is 0 Å². The van der Waals surface area contributed by atoms with Gasteiger partial charge in [0.2, 0.25) is 0 Å². The Morgan fingerprint density at radius 1 is 0.633 bits per heavy atom. The maximum atomic E-state index is 6.45. The van der Waals surface area contributed by atoms with Gasteiger partial charge in [-0.1, -0.05) is 159 Å². The number of nitrogens with zero attached hydrogens (tertiary/aromatic N) is 3. The van der Waals surface area contributed by atoms with E-state index < -0.39 is 8.07 Å². The average molecular weight is 972 g/mol. The van der Waals surface area contributed by atoms with Crippen molar-refractivity contribution in [2.75, 3.05) is 0 Å². The van der Waals surface area contributed by atoms with E-state index in [9.17, 15) is 0 Å². The van der Waals surface area contributed by atoms with E-state index in [4.69, 9.17) is 9.40 Å². The van der Waals surface area contributed by atoms with Crippen LogP contribution in [-0.2, 0) is 20.1 Å². The SMILES string of the molecule is CC(C)c1cc(-c2[c-]cccc2)ncc1[Si](C)(C)C.[Ir].[c-]1ccc2c(oc3ccccc32)c1-c1nc2ccccc2n1-c1cc(-c2ccccc2)ccc1-c1ccccc1. The molecule has 6 heteroatoms. The van der Waals surface area contributed by atoms with Crippen LogP contribution in [0.1, 0.15) is 25.3 Å². The number of hydrogen-bond acceptors (Lipinski definition) is 3.